The molecule has 0 saturated carbocycles. The van der Waals surface area contributed by atoms with Gasteiger partial charge >= 0.3 is 0 Å². The molecule has 122 valence electrons. The Morgan fingerprint density at radius 2 is 2.30 bits per heavy atom. The van der Waals surface area contributed by atoms with Gasteiger partial charge in [-0.05, 0) is 35.9 Å². The van der Waals surface area contributed by atoms with E-state index in [9.17, 15) is 9.59 Å². The Morgan fingerprint density at radius 3 is 3.00 bits per heavy atom. The second-order valence-corrected chi connectivity index (χ2v) is 6.35. The first-order chi connectivity index (χ1) is 11.1. The largest absolute Gasteiger partial charge is 0.347 e. The first kappa shape index (κ1) is 15.6. The Labute approximate surface area is 137 Å². The number of hydrogen-bond donors (Lipinski definition) is 1. The normalized spacial score (nSPS) is 18.0. The number of carbonyl (C=O) groups excluding carboxylic acids is 2. The fraction of sp³-hybridized carbons (Fsp3) is 0.500. The molecule has 0 aliphatic carbocycles. The molecule has 1 N–H and O–H groups in total. The van der Waals surface area contributed by atoms with Gasteiger partial charge in [0.05, 0.1) is 18.5 Å². The van der Waals surface area contributed by atoms with E-state index in [4.69, 9.17) is 0 Å². The van der Waals surface area contributed by atoms with Gasteiger partial charge in [-0.25, -0.2) is 0 Å². The molecule has 1 unspecified atom stereocenters. The van der Waals surface area contributed by atoms with E-state index in [-0.39, 0.29) is 18.4 Å². The molecule has 1 fully saturated rings. The van der Waals surface area contributed by atoms with Crippen molar-refractivity contribution in [3.63, 3.8) is 0 Å². The van der Waals surface area contributed by atoms with Crippen LogP contribution < -0.4 is 5.32 Å². The quantitative estimate of drug-likeness (QED) is 0.883. The summed E-state index contributed by atoms with van der Waals surface area (Å²) in [6.45, 7) is 0.822. The van der Waals surface area contributed by atoms with Crippen LogP contribution in [0.5, 0.6) is 0 Å². The van der Waals surface area contributed by atoms with Crippen molar-refractivity contribution in [3.05, 3.63) is 28.2 Å². The Bertz CT molecular complexity index is 683. The number of nitrogens with zero attached hydrogens (tertiary/aromatic N) is 5. The molecule has 2 aromatic heterocycles. The lowest BCUT2D eigenvalue weighted by Gasteiger charge is -2.34. The summed E-state index contributed by atoms with van der Waals surface area (Å²) in [6.07, 6.45) is 2.54. The summed E-state index contributed by atoms with van der Waals surface area (Å²) < 4.78 is 0. The van der Waals surface area contributed by atoms with Crippen molar-refractivity contribution in [2.45, 2.75) is 31.8 Å². The van der Waals surface area contributed by atoms with Crippen LogP contribution in [0, 0.1) is 0 Å². The summed E-state index contributed by atoms with van der Waals surface area (Å²) >= 11 is 1.40. The van der Waals surface area contributed by atoms with Gasteiger partial charge < -0.3 is 10.2 Å². The average molecular weight is 334 g/mol. The van der Waals surface area contributed by atoms with Crippen LogP contribution in [0.3, 0.4) is 0 Å². The Kier molecular flexibility index (Phi) is 4.65. The first-order valence-corrected chi connectivity index (χ1v) is 8.38. The fourth-order valence-electron chi connectivity index (χ4n) is 2.67. The highest BCUT2D eigenvalue weighted by atomic mass is 32.1. The Hall–Kier alpha value is -2.29. The van der Waals surface area contributed by atoms with Gasteiger partial charge in [-0.3, -0.25) is 9.59 Å². The van der Waals surface area contributed by atoms with Gasteiger partial charge in [0.15, 0.2) is 5.82 Å². The van der Waals surface area contributed by atoms with Crippen molar-refractivity contribution >= 4 is 23.2 Å². The number of likely N-dealkylation sites (tertiary alicyclic amines) is 1. The molecule has 1 saturated heterocycles. The molecule has 2 aromatic rings. The highest BCUT2D eigenvalue weighted by Crippen LogP contribution is 2.21. The number of rotatable bonds is 4. The summed E-state index contributed by atoms with van der Waals surface area (Å²) in [6, 6.07) is 3.20. The molecule has 3 rings (SSSR count). The predicted octanol–water partition coefficient (Wildman–Crippen LogP) is 0.583. The van der Waals surface area contributed by atoms with Gasteiger partial charge in [0.2, 0.25) is 5.91 Å². The molecule has 0 aromatic carbocycles. The number of amides is 2. The molecular formula is C14H18N6O2S. The molecule has 0 radical (unpaired) electrons. The number of tetrazole rings is 1. The van der Waals surface area contributed by atoms with E-state index >= 15 is 0 Å². The van der Waals surface area contributed by atoms with Crippen molar-refractivity contribution in [2.75, 3.05) is 6.54 Å². The monoisotopic (exact) mass is 334 g/mol. The van der Waals surface area contributed by atoms with E-state index in [1.165, 1.54) is 16.1 Å². The number of hydrogen-bond acceptors (Lipinski definition) is 6. The minimum Gasteiger partial charge on any atom is -0.347 e. The predicted molar refractivity (Wildman–Crippen MR) is 83.6 cm³/mol. The zero-order chi connectivity index (χ0) is 16.2. The van der Waals surface area contributed by atoms with Crippen LogP contribution in [-0.4, -0.2) is 49.5 Å². The zero-order valence-corrected chi connectivity index (χ0v) is 13.6. The van der Waals surface area contributed by atoms with Crippen LogP contribution in [0.2, 0.25) is 0 Å². The SMILES string of the molecule is Cn1nnc(CNC(=O)C2CCCCN2C(=O)c2cccs2)n1. The number of thiophene rings is 1. The number of carbonyl (C=O) groups is 2. The van der Waals surface area contributed by atoms with Crippen molar-refractivity contribution in [3.8, 4) is 0 Å². The minimum absolute atomic E-state index is 0.0718. The molecule has 3 heterocycles. The highest BCUT2D eigenvalue weighted by molar-refractivity contribution is 7.12. The lowest BCUT2D eigenvalue weighted by molar-refractivity contribution is -0.126. The lowest BCUT2D eigenvalue weighted by Crippen LogP contribution is -2.51. The topological polar surface area (TPSA) is 93.0 Å². The minimum atomic E-state index is -0.435. The number of aromatic nitrogens is 4. The van der Waals surface area contributed by atoms with Crippen LogP contribution >= 0.6 is 11.3 Å². The molecular weight excluding hydrogens is 316 g/mol. The van der Waals surface area contributed by atoms with Crippen molar-refractivity contribution in [2.24, 2.45) is 7.05 Å². The molecule has 9 heteroatoms. The van der Waals surface area contributed by atoms with Gasteiger partial charge in [-0.2, -0.15) is 4.80 Å². The summed E-state index contributed by atoms with van der Waals surface area (Å²) in [5.74, 6) is 0.215. The second-order valence-electron chi connectivity index (χ2n) is 5.40. The van der Waals surface area contributed by atoms with E-state index in [1.54, 1.807) is 18.0 Å². The molecule has 1 aliphatic heterocycles. The molecule has 2 amide bonds. The summed E-state index contributed by atoms with van der Waals surface area (Å²) in [5.41, 5.74) is 0. The van der Waals surface area contributed by atoms with Gasteiger partial charge in [-0.15, -0.1) is 21.5 Å². The zero-order valence-electron chi connectivity index (χ0n) is 12.8. The van der Waals surface area contributed by atoms with Crippen LogP contribution in [0.15, 0.2) is 17.5 Å². The van der Waals surface area contributed by atoms with Crippen molar-refractivity contribution < 1.29 is 9.59 Å². The standard InChI is InChI=1S/C14H18N6O2S/c1-19-17-12(16-18-19)9-15-13(21)10-5-2-3-7-20(10)14(22)11-6-4-8-23-11/h4,6,8,10H,2-3,5,7,9H2,1H3,(H,15,21). The van der Waals surface area contributed by atoms with Crippen LogP contribution in [0.25, 0.3) is 0 Å². The summed E-state index contributed by atoms with van der Waals surface area (Å²) in [7, 11) is 1.67. The van der Waals surface area contributed by atoms with Crippen LogP contribution in [0.1, 0.15) is 34.8 Å². The average Bonchev–Trinajstić information content (AvgIpc) is 3.23. The number of nitrogens with one attached hydrogen (secondary N) is 1. The van der Waals surface area contributed by atoms with E-state index < -0.39 is 6.04 Å². The molecule has 0 bridgehead atoms. The molecule has 8 nitrogen and oxygen atoms in total. The van der Waals surface area contributed by atoms with Gasteiger partial charge in [0.25, 0.3) is 5.91 Å². The molecule has 0 spiro atoms. The van der Waals surface area contributed by atoms with Crippen LogP contribution in [-0.2, 0) is 18.4 Å². The third kappa shape index (κ3) is 3.55. The van der Waals surface area contributed by atoms with E-state index in [0.29, 0.717) is 23.7 Å². The maximum atomic E-state index is 12.6. The van der Waals surface area contributed by atoms with Crippen LogP contribution in [0.4, 0.5) is 0 Å². The summed E-state index contributed by atoms with van der Waals surface area (Å²) in [5, 5.41) is 16.3. The smallest absolute Gasteiger partial charge is 0.264 e. The fourth-order valence-corrected chi connectivity index (χ4v) is 3.35. The van der Waals surface area contributed by atoms with Gasteiger partial charge in [-0.1, -0.05) is 6.07 Å². The molecule has 23 heavy (non-hydrogen) atoms. The lowest BCUT2D eigenvalue weighted by atomic mass is 10.0. The van der Waals surface area contributed by atoms with E-state index in [0.717, 1.165) is 12.8 Å². The summed E-state index contributed by atoms with van der Waals surface area (Å²) in [4.78, 5) is 28.7. The maximum absolute atomic E-state index is 12.6. The molecule has 1 atom stereocenters. The third-order valence-electron chi connectivity index (χ3n) is 3.77. The number of aryl methyl sites for hydroxylation is 1. The Balaban J connectivity index is 1.65. The second kappa shape index (κ2) is 6.86. The Morgan fingerprint density at radius 1 is 1.43 bits per heavy atom. The third-order valence-corrected chi connectivity index (χ3v) is 4.63. The maximum Gasteiger partial charge on any atom is 0.264 e. The molecule has 1 aliphatic rings. The van der Waals surface area contributed by atoms with E-state index in [1.807, 2.05) is 11.4 Å². The van der Waals surface area contributed by atoms with Gasteiger partial charge in [0.1, 0.15) is 6.04 Å². The van der Waals surface area contributed by atoms with Gasteiger partial charge in [0, 0.05) is 6.54 Å². The first-order valence-electron chi connectivity index (χ1n) is 7.50. The van der Waals surface area contributed by atoms with E-state index in [2.05, 4.69) is 20.7 Å². The van der Waals surface area contributed by atoms with Crippen molar-refractivity contribution in [1.29, 1.82) is 0 Å². The number of piperidine rings is 1. The highest BCUT2D eigenvalue weighted by Gasteiger charge is 2.32. The van der Waals surface area contributed by atoms with Crippen molar-refractivity contribution in [1.82, 2.24) is 30.4 Å².